The Morgan fingerprint density at radius 2 is 1.95 bits per heavy atom. The van der Waals surface area contributed by atoms with Crippen LogP contribution in [0.3, 0.4) is 0 Å². The number of aromatic nitrogens is 1. The lowest BCUT2D eigenvalue weighted by atomic mass is 10.4. The van der Waals surface area contributed by atoms with Crippen molar-refractivity contribution in [2.24, 2.45) is 0 Å². The molecule has 0 bridgehead atoms. The maximum absolute atomic E-state index is 12.6. The van der Waals surface area contributed by atoms with Crippen LogP contribution in [-0.2, 0) is 10.0 Å². The topological polar surface area (TPSA) is 62.3 Å². The van der Waals surface area contributed by atoms with Crippen LogP contribution >= 0.6 is 15.9 Å². The number of pyridine rings is 1. The first-order valence-electron chi connectivity index (χ1n) is 6.36. The van der Waals surface area contributed by atoms with Gasteiger partial charge in [0.25, 0.3) is 0 Å². The molecule has 108 valence electrons. The zero-order valence-electron chi connectivity index (χ0n) is 11.5. The number of nitrogens with one attached hydrogen (secondary N) is 1. The van der Waals surface area contributed by atoms with Gasteiger partial charge < -0.3 is 5.32 Å². The van der Waals surface area contributed by atoms with E-state index in [0.29, 0.717) is 29.9 Å². The summed E-state index contributed by atoms with van der Waals surface area (Å²) in [6, 6.07) is 1.60. The Bertz CT molecular complexity index is 516. The van der Waals surface area contributed by atoms with E-state index in [2.05, 4.69) is 26.2 Å². The molecule has 0 aromatic carbocycles. The number of hydrogen-bond acceptors (Lipinski definition) is 4. The lowest BCUT2D eigenvalue weighted by Gasteiger charge is -2.20. The van der Waals surface area contributed by atoms with Crippen LogP contribution in [-0.4, -0.2) is 37.3 Å². The molecular formula is C12H20BrN3O2S. The average Bonchev–Trinajstić information content (AvgIpc) is 2.38. The van der Waals surface area contributed by atoms with Crippen molar-refractivity contribution in [2.45, 2.75) is 32.1 Å². The standard InChI is InChI=1S/C12H20BrN3O2S/c1-4-7-14-12-11(8-10(13)9-15-12)19(17,18)16(5-2)6-3/h8-9H,4-7H2,1-3H3,(H,14,15). The van der Waals surface area contributed by atoms with Gasteiger partial charge in [-0.15, -0.1) is 0 Å². The molecule has 0 amide bonds. The fraction of sp³-hybridized carbons (Fsp3) is 0.583. The predicted molar refractivity (Wildman–Crippen MR) is 80.8 cm³/mol. The summed E-state index contributed by atoms with van der Waals surface area (Å²) in [4.78, 5) is 4.39. The molecule has 0 fully saturated rings. The zero-order valence-corrected chi connectivity index (χ0v) is 13.9. The lowest BCUT2D eigenvalue weighted by molar-refractivity contribution is 0.445. The summed E-state index contributed by atoms with van der Waals surface area (Å²) in [5.74, 6) is 0.414. The van der Waals surface area contributed by atoms with Crippen LogP contribution in [0.25, 0.3) is 0 Å². The summed E-state index contributed by atoms with van der Waals surface area (Å²) in [5.41, 5.74) is 0. The Labute approximate surface area is 123 Å². The Kier molecular flexibility index (Phi) is 6.22. The highest BCUT2D eigenvalue weighted by Gasteiger charge is 2.25. The molecule has 19 heavy (non-hydrogen) atoms. The van der Waals surface area contributed by atoms with Gasteiger partial charge in [0, 0.05) is 30.3 Å². The van der Waals surface area contributed by atoms with Crippen LogP contribution in [0.2, 0.25) is 0 Å². The van der Waals surface area contributed by atoms with Crippen LogP contribution in [0.5, 0.6) is 0 Å². The van der Waals surface area contributed by atoms with Crippen molar-refractivity contribution in [3.05, 3.63) is 16.7 Å². The minimum atomic E-state index is -3.51. The van der Waals surface area contributed by atoms with Gasteiger partial charge in [-0.25, -0.2) is 13.4 Å². The molecule has 0 saturated carbocycles. The first-order chi connectivity index (χ1) is 8.97. The Morgan fingerprint density at radius 1 is 1.32 bits per heavy atom. The van der Waals surface area contributed by atoms with Crippen LogP contribution in [0.1, 0.15) is 27.2 Å². The summed E-state index contributed by atoms with van der Waals surface area (Å²) in [6.45, 7) is 7.24. The molecule has 7 heteroatoms. The van der Waals surface area contributed by atoms with Gasteiger partial charge in [-0.3, -0.25) is 0 Å². The molecule has 1 N–H and O–H groups in total. The van der Waals surface area contributed by atoms with E-state index in [0.717, 1.165) is 6.42 Å². The molecule has 0 aliphatic carbocycles. The van der Waals surface area contributed by atoms with Gasteiger partial charge >= 0.3 is 0 Å². The molecule has 0 aliphatic heterocycles. The van der Waals surface area contributed by atoms with E-state index in [1.807, 2.05) is 20.8 Å². The van der Waals surface area contributed by atoms with Gasteiger partial charge in [0.1, 0.15) is 10.7 Å². The van der Waals surface area contributed by atoms with E-state index >= 15 is 0 Å². The molecule has 0 unspecified atom stereocenters. The van der Waals surface area contributed by atoms with Crippen molar-refractivity contribution in [2.75, 3.05) is 25.0 Å². The highest BCUT2D eigenvalue weighted by atomic mass is 79.9. The normalized spacial score (nSPS) is 11.8. The summed E-state index contributed by atoms with van der Waals surface area (Å²) < 4.78 is 27.2. The van der Waals surface area contributed by atoms with E-state index in [1.165, 1.54) is 4.31 Å². The van der Waals surface area contributed by atoms with Crippen molar-refractivity contribution < 1.29 is 8.42 Å². The van der Waals surface area contributed by atoms with Crippen LogP contribution < -0.4 is 5.32 Å². The van der Waals surface area contributed by atoms with E-state index in [9.17, 15) is 8.42 Å². The lowest BCUT2D eigenvalue weighted by Crippen LogP contribution is -2.31. The number of anilines is 1. The minimum absolute atomic E-state index is 0.221. The van der Waals surface area contributed by atoms with Crippen molar-refractivity contribution >= 4 is 31.8 Å². The van der Waals surface area contributed by atoms with Gasteiger partial charge in [-0.05, 0) is 28.4 Å². The third-order valence-corrected chi connectivity index (χ3v) is 5.18. The SMILES string of the molecule is CCCNc1ncc(Br)cc1S(=O)(=O)N(CC)CC. The van der Waals surface area contributed by atoms with E-state index in [1.54, 1.807) is 12.3 Å². The summed E-state index contributed by atoms with van der Waals surface area (Å²) in [7, 11) is -3.51. The fourth-order valence-corrected chi connectivity index (χ4v) is 3.78. The summed E-state index contributed by atoms with van der Waals surface area (Å²) in [5, 5.41) is 3.06. The number of rotatable bonds is 7. The highest BCUT2D eigenvalue weighted by molar-refractivity contribution is 9.10. The minimum Gasteiger partial charge on any atom is -0.369 e. The van der Waals surface area contributed by atoms with Gasteiger partial charge in [-0.1, -0.05) is 20.8 Å². The Hall–Kier alpha value is -0.660. The molecule has 0 aliphatic rings. The Morgan fingerprint density at radius 3 is 2.47 bits per heavy atom. The summed E-state index contributed by atoms with van der Waals surface area (Å²) >= 11 is 3.28. The largest absolute Gasteiger partial charge is 0.369 e. The quantitative estimate of drug-likeness (QED) is 0.821. The molecule has 0 spiro atoms. The molecule has 1 aromatic heterocycles. The maximum Gasteiger partial charge on any atom is 0.246 e. The molecule has 5 nitrogen and oxygen atoms in total. The monoisotopic (exact) mass is 349 g/mol. The second-order valence-electron chi connectivity index (χ2n) is 4.02. The molecule has 0 atom stereocenters. The van der Waals surface area contributed by atoms with Crippen LogP contribution in [0, 0.1) is 0 Å². The third-order valence-electron chi connectivity index (χ3n) is 2.69. The van der Waals surface area contributed by atoms with Crippen molar-refractivity contribution in [3.63, 3.8) is 0 Å². The fourth-order valence-electron chi connectivity index (χ4n) is 1.70. The smallest absolute Gasteiger partial charge is 0.246 e. The number of hydrogen-bond donors (Lipinski definition) is 1. The molecule has 0 saturated heterocycles. The first kappa shape index (κ1) is 16.4. The first-order valence-corrected chi connectivity index (χ1v) is 8.60. The van der Waals surface area contributed by atoms with E-state index in [-0.39, 0.29) is 4.90 Å². The second kappa shape index (κ2) is 7.21. The van der Waals surface area contributed by atoms with Crippen molar-refractivity contribution in [3.8, 4) is 0 Å². The molecular weight excluding hydrogens is 330 g/mol. The number of sulfonamides is 1. The number of nitrogens with zero attached hydrogens (tertiary/aromatic N) is 2. The van der Waals surface area contributed by atoms with Crippen LogP contribution in [0.4, 0.5) is 5.82 Å². The summed E-state index contributed by atoms with van der Waals surface area (Å²) in [6.07, 6.45) is 2.50. The van der Waals surface area contributed by atoms with Crippen molar-refractivity contribution in [1.29, 1.82) is 0 Å². The molecule has 0 radical (unpaired) electrons. The van der Waals surface area contributed by atoms with E-state index in [4.69, 9.17) is 0 Å². The average molecular weight is 350 g/mol. The van der Waals surface area contributed by atoms with Gasteiger partial charge in [0.15, 0.2) is 0 Å². The third kappa shape index (κ3) is 3.90. The van der Waals surface area contributed by atoms with E-state index < -0.39 is 10.0 Å². The van der Waals surface area contributed by atoms with Crippen LogP contribution in [0.15, 0.2) is 21.6 Å². The molecule has 1 rings (SSSR count). The Balaban J connectivity index is 3.26. The van der Waals surface area contributed by atoms with Gasteiger partial charge in [0.2, 0.25) is 10.0 Å². The molecule has 1 heterocycles. The number of halogens is 1. The predicted octanol–water partition coefficient (Wildman–Crippen LogP) is 2.70. The zero-order chi connectivity index (χ0) is 14.5. The highest BCUT2D eigenvalue weighted by Crippen LogP contribution is 2.25. The van der Waals surface area contributed by atoms with Gasteiger partial charge in [-0.2, -0.15) is 4.31 Å². The van der Waals surface area contributed by atoms with Crippen molar-refractivity contribution in [1.82, 2.24) is 9.29 Å². The second-order valence-corrected chi connectivity index (χ2v) is 6.84. The maximum atomic E-state index is 12.6. The molecule has 1 aromatic rings. The van der Waals surface area contributed by atoms with Gasteiger partial charge in [0.05, 0.1) is 0 Å².